The van der Waals surface area contributed by atoms with Crippen LogP contribution in [-0.4, -0.2) is 34.3 Å². The summed E-state index contributed by atoms with van der Waals surface area (Å²) in [5.41, 5.74) is 3.72. The van der Waals surface area contributed by atoms with Crippen LogP contribution in [0.25, 0.3) is 0 Å². The van der Waals surface area contributed by atoms with Crippen LogP contribution in [0.4, 0.5) is 0 Å². The third-order valence-corrected chi connectivity index (χ3v) is 4.22. The molecule has 0 spiro atoms. The maximum absolute atomic E-state index is 6.27. The highest BCUT2D eigenvalue weighted by Crippen LogP contribution is 2.35. The van der Waals surface area contributed by atoms with Crippen LogP contribution >= 0.6 is 11.6 Å². The number of hydrogen-bond acceptors (Lipinski definition) is 4. The van der Waals surface area contributed by atoms with Gasteiger partial charge in [0.25, 0.3) is 0 Å². The summed E-state index contributed by atoms with van der Waals surface area (Å²) < 4.78 is 1.89. The van der Waals surface area contributed by atoms with E-state index in [1.807, 2.05) is 25.7 Å². The number of hydrazine groups is 1. The van der Waals surface area contributed by atoms with Gasteiger partial charge in [-0.2, -0.15) is 5.10 Å². The Morgan fingerprint density at radius 1 is 1.56 bits per heavy atom. The van der Waals surface area contributed by atoms with Crippen LogP contribution in [0.3, 0.4) is 0 Å². The molecule has 3 N–H and O–H groups in total. The maximum atomic E-state index is 6.27. The van der Waals surface area contributed by atoms with Crippen LogP contribution in [0.15, 0.2) is 6.20 Å². The van der Waals surface area contributed by atoms with Gasteiger partial charge in [0.1, 0.15) is 0 Å². The lowest BCUT2D eigenvalue weighted by atomic mass is 9.86. The van der Waals surface area contributed by atoms with Gasteiger partial charge in [0.15, 0.2) is 0 Å². The van der Waals surface area contributed by atoms with E-state index in [1.165, 1.54) is 0 Å². The van der Waals surface area contributed by atoms with E-state index in [-0.39, 0.29) is 11.6 Å². The number of aryl methyl sites for hydroxylation is 1. The highest BCUT2D eigenvalue weighted by Gasteiger charge is 2.38. The fourth-order valence-corrected chi connectivity index (χ4v) is 2.49. The SMILES string of the molecule is CCn1ncc(Cl)c1C(NN)C(C)(CC)N(C)C. The van der Waals surface area contributed by atoms with Crippen molar-refractivity contribution < 1.29 is 0 Å². The Hall–Kier alpha value is -0.620. The molecule has 2 unspecified atom stereocenters. The number of nitrogens with two attached hydrogens (primary N) is 1. The smallest absolute Gasteiger partial charge is 0.0835 e. The molecule has 1 aromatic heterocycles. The molecule has 2 atom stereocenters. The van der Waals surface area contributed by atoms with Gasteiger partial charge in [0.2, 0.25) is 0 Å². The van der Waals surface area contributed by atoms with Crippen molar-refractivity contribution in [3.05, 3.63) is 16.9 Å². The summed E-state index contributed by atoms with van der Waals surface area (Å²) in [5.74, 6) is 5.78. The Balaban J connectivity index is 3.28. The molecule has 0 radical (unpaired) electrons. The Labute approximate surface area is 114 Å². The van der Waals surface area contributed by atoms with Crippen LogP contribution in [0.1, 0.15) is 38.9 Å². The van der Waals surface area contributed by atoms with E-state index in [9.17, 15) is 0 Å². The monoisotopic (exact) mass is 273 g/mol. The Morgan fingerprint density at radius 2 is 2.17 bits per heavy atom. The quantitative estimate of drug-likeness (QED) is 0.613. The molecule has 0 saturated carbocycles. The number of hydrogen-bond donors (Lipinski definition) is 2. The van der Waals surface area contributed by atoms with Crippen molar-refractivity contribution in [3.63, 3.8) is 0 Å². The minimum Gasteiger partial charge on any atom is -0.302 e. The van der Waals surface area contributed by atoms with Crippen LogP contribution < -0.4 is 11.3 Å². The van der Waals surface area contributed by atoms with Crippen molar-refractivity contribution in [2.24, 2.45) is 5.84 Å². The van der Waals surface area contributed by atoms with E-state index in [0.29, 0.717) is 5.02 Å². The molecule has 5 nitrogen and oxygen atoms in total. The van der Waals surface area contributed by atoms with E-state index in [4.69, 9.17) is 17.4 Å². The van der Waals surface area contributed by atoms with Gasteiger partial charge >= 0.3 is 0 Å². The normalized spacial score (nSPS) is 16.9. The summed E-state index contributed by atoms with van der Waals surface area (Å²) in [5, 5.41) is 4.93. The fraction of sp³-hybridized carbons (Fsp3) is 0.750. The number of nitrogens with one attached hydrogen (secondary N) is 1. The molecule has 1 rings (SSSR count). The summed E-state index contributed by atoms with van der Waals surface area (Å²) >= 11 is 6.27. The van der Waals surface area contributed by atoms with E-state index < -0.39 is 0 Å². The first kappa shape index (κ1) is 15.4. The molecule has 18 heavy (non-hydrogen) atoms. The maximum Gasteiger partial charge on any atom is 0.0835 e. The molecule has 0 aromatic carbocycles. The van der Waals surface area contributed by atoms with Gasteiger partial charge in [-0.05, 0) is 34.4 Å². The number of aromatic nitrogens is 2. The summed E-state index contributed by atoms with van der Waals surface area (Å²) in [7, 11) is 4.10. The first-order valence-electron chi connectivity index (χ1n) is 6.27. The summed E-state index contributed by atoms with van der Waals surface area (Å²) in [6.07, 6.45) is 2.62. The van der Waals surface area contributed by atoms with Crippen molar-refractivity contribution in [1.82, 2.24) is 20.1 Å². The first-order valence-corrected chi connectivity index (χ1v) is 6.64. The minimum atomic E-state index is -0.134. The van der Waals surface area contributed by atoms with Gasteiger partial charge in [0.05, 0.1) is 23.0 Å². The van der Waals surface area contributed by atoms with Crippen LogP contribution in [-0.2, 0) is 6.54 Å². The van der Waals surface area contributed by atoms with Crippen LogP contribution in [0, 0.1) is 0 Å². The highest BCUT2D eigenvalue weighted by atomic mass is 35.5. The van der Waals surface area contributed by atoms with Gasteiger partial charge in [-0.1, -0.05) is 18.5 Å². The first-order chi connectivity index (χ1) is 8.42. The van der Waals surface area contributed by atoms with Crippen molar-refractivity contribution in [3.8, 4) is 0 Å². The Morgan fingerprint density at radius 3 is 2.56 bits per heavy atom. The Bertz CT molecular complexity index is 390. The third kappa shape index (κ3) is 2.54. The molecule has 1 heterocycles. The zero-order valence-corrected chi connectivity index (χ0v) is 12.6. The predicted octanol–water partition coefficient (Wildman–Crippen LogP) is 1.79. The van der Waals surface area contributed by atoms with Crippen LogP contribution in [0.2, 0.25) is 5.02 Å². The Kier molecular flexibility index (Phi) is 5.16. The van der Waals surface area contributed by atoms with E-state index >= 15 is 0 Å². The molecule has 0 bridgehead atoms. The lowest BCUT2D eigenvalue weighted by molar-refractivity contribution is 0.108. The summed E-state index contributed by atoms with van der Waals surface area (Å²) in [4.78, 5) is 2.17. The van der Waals surface area contributed by atoms with E-state index in [0.717, 1.165) is 18.7 Å². The highest BCUT2D eigenvalue weighted by molar-refractivity contribution is 6.31. The topological polar surface area (TPSA) is 59.1 Å². The second-order valence-corrected chi connectivity index (χ2v) is 5.31. The van der Waals surface area contributed by atoms with Crippen LogP contribution in [0.5, 0.6) is 0 Å². The number of likely N-dealkylation sites (N-methyl/N-ethyl adjacent to an activating group) is 1. The molecule has 6 heteroatoms. The number of rotatable bonds is 6. The van der Waals surface area contributed by atoms with Gasteiger partial charge < -0.3 is 4.90 Å². The second kappa shape index (κ2) is 6.02. The van der Waals surface area contributed by atoms with Crippen molar-refractivity contribution in [2.45, 2.75) is 45.3 Å². The molecule has 0 aliphatic carbocycles. The fourth-order valence-electron chi connectivity index (χ4n) is 2.24. The molecule has 1 aromatic rings. The molecule has 104 valence electrons. The van der Waals surface area contributed by atoms with Crippen molar-refractivity contribution >= 4 is 11.6 Å². The largest absolute Gasteiger partial charge is 0.302 e. The second-order valence-electron chi connectivity index (χ2n) is 4.90. The van der Waals surface area contributed by atoms with Crippen molar-refractivity contribution in [1.29, 1.82) is 0 Å². The number of nitrogens with zero attached hydrogens (tertiary/aromatic N) is 3. The minimum absolute atomic E-state index is 0.0764. The molecule has 0 aliphatic rings. The lowest BCUT2D eigenvalue weighted by Crippen LogP contribution is -2.53. The van der Waals surface area contributed by atoms with E-state index in [1.54, 1.807) is 6.20 Å². The predicted molar refractivity (Wildman–Crippen MR) is 75.4 cm³/mol. The lowest BCUT2D eigenvalue weighted by Gasteiger charge is -2.42. The van der Waals surface area contributed by atoms with Gasteiger partial charge in [-0.3, -0.25) is 10.5 Å². The molecule has 0 saturated heterocycles. The zero-order valence-electron chi connectivity index (χ0n) is 11.9. The molecule has 0 amide bonds. The van der Waals surface area contributed by atoms with E-state index in [2.05, 4.69) is 29.3 Å². The average Bonchev–Trinajstić information content (AvgIpc) is 2.71. The van der Waals surface area contributed by atoms with Crippen molar-refractivity contribution in [2.75, 3.05) is 14.1 Å². The molecular weight excluding hydrogens is 250 g/mol. The molecule has 0 fully saturated rings. The van der Waals surface area contributed by atoms with Gasteiger partial charge in [-0.15, -0.1) is 0 Å². The van der Waals surface area contributed by atoms with Gasteiger partial charge in [-0.25, -0.2) is 5.43 Å². The zero-order chi connectivity index (χ0) is 13.9. The van der Waals surface area contributed by atoms with Gasteiger partial charge in [0, 0.05) is 12.1 Å². The molecular formula is C12H24ClN5. The third-order valence-electron chi connectivity index (χ3n) is 3.93. The summed E-state index contributed by atoms with van der Waals surface area (Å²) in [6.45, 7) is 7.12. The number of halogens is 1. The standard InChI is InChI=1S/C12H24ClN5/c1-6-12(3,17(4)5)11(16-14)10-9(13)8-15-18(10)7-2/h8,11,16H,6-7,14H2,1-5H3. The summed E-state index contributed by atoms with van der Waals surface area (Å²) in [6, 6.07) is -0.0764. The molecule has 0 aliphatic heterocycles. The average molecular weight is 274 g/mol.